The molecule has 1 fully saturated rings. The number of sulfonamides is 1. The number of nitrogens with zero attached hydrogens (tertiary/aromatic N) is 2. The van der Waals surface area contributed by atoms with Gasteiger partial charge in [-0.1, -0.05) is 35.9 Å². The molecule has 0 saturated carbocycles. The molecule has 1 saturated heterocycles. The maximum atomic E-state index is 13.7. The molecule has 2 aromatic carbocycles. The lowest BCUT2D eigenvalue weighted by molar-refractivity contribution is -0.141. The van der Waals surface area contributed by atoms with Crippen molar-refractivity contribution in [3.8, 4) is 0 Å². The number of rotatable bonds is 6. The highest BCUT2D eigenvalue weighted by atomic mass is 35.5. The molecule has 0 amide bonds. The lowest BCUT2D eigenvalue weighted by Crippen LogP contribution is -2.58. The van der Waals surface area contributed by atoms with Crippen LogP contribution in [-0.4, -0.2) is 60.4 Å². The van der Waals surface area contributed by atoms with Crippen molar-refractivity contribution in [1.29, 1.82) is 0 Å². The molecule has 2 aliphatic rings. The number of carboxylic acid groups (broad SMARTS) is 1. The third kappa shape index (κ3) is 4.57. The zero-order chi connectivity index (χ0) is 23.0. The predicted octanol–water partition coefficient (Wildman–Crippen LogP) is 3.47. The molecule has 172 valence electrons. The highest BCUT2D eigenvalue weighted by Gasteiger charge is 2.41. The molecule has 2 aromatic rings. The topological polar surface area (TPSA) is 77.9 Å². The maximum Gasteiger partial charge on any atom is 0.307 e. The Hall–Kier alpha value is -1.93. The lowest BCUT2D eigenvalue weighted by atomic mass is 10.1. The number of piperazine rings is 1. The molecule has 0 aromatic heterocycles. The number of benzene rings is 2. The first-order chi connectivity index (χ1) is 15.2. The molecule has 8 heteroatoms. The fraction of sp³-hybridized carbons (Fsp3) is 0.458. The van der Waals surface area contributed by atoms with Crippen LogP contribution in [0.5, 0.6) is 0 Å². The van der Waals surface area contributed by atoms with E-state index in [0.29, 0.717) is 25.1 Å². The summed E-state index contributed by atoms with van der Waals surface area (Å²) < 4.78 is 29.0. The number of hydrogen-bond acceptors (Lipinski definition) is 4. The van der Waals surface area contributed by atoms with Gasteiger partial charge in [-0.2, -0.15) is 4.31 Å². The maximum absolute atomic E-state index is 13.7. The van der Waals surface area contributed by atoms with Crippen molar-refractivity contribution in [1.82, 2.24) is 9.21 Å². The van der Waals surface area contributed by atoms with E-state index in [1.165, 1.54) is 5.56 Å². The quantitative estimate of drug-likeness (QED) is 0.690. The third-order valence-corrected chi connectivity index (χ3v) is 9.06. The van der Waals surface area contributed by atoms with Crippen molar-refractivity contribution in [2.24, 2.45) is 5.92 Å². The largest absolute Gasteiger partial charge is 0.481 e. The molecule has 1 aliphatic heterocycles. The Morgan fingerprint density at radius 2 is 1.72 bits per heavy atom. The van der Waals surface area contributed by atoms with Gasteiger partial charge in [0.25, 0.3) is 0 Å². The Morgan fingerprint density at radius 3 is 2.34 bits per heavy atom. The molecule has 1 unspecified atom stereocenters. The van der Waals surface area contributed by atoms with Crippen LogP contribution in [0.4, 0.5) is 0 Å². The van der Waals surface area contributed by atoms with Gasteiger partial charge in [-0.15, -0.1) is 0 Å². The zero-order valence-corrected chi connectivity index (χ0v) is 19.9. The molecular formula is C24H29ClN2O4S. The van der Waals surface area contributed by atoms with Crippen LogP contribution in [0.2, 0.25) is 5.02 Å². The normalized spacial score (nSPS) is 24.4. The molecular weight excluding hydrogens is 448 g/mol. The minimum atomic E-state index is -3.73. The summed E-state index contributed by atoms with van der Waals surface area (Å²) in [7, 11) is -3.73. The Labute approximate surface area is 194 Å². The van der Waals surface area contributed by atoms with Crippen molar-refractivity contribution in [2.75, 3.05) is 19.6 Å². The van der Waals surface area contributed by atoms with Gasteiger partial charge in [0.1, 0.15) is 0 Å². The van der Waals surface area contributed by atoms with Crippen molar-refractivity contribution < 1.29 is 18.3 Å². The minimum Gasteiger partial charge on any atom is -0.481 e. The van der Waals surface area contributed by atoms with E-state index in [4.69, 9.17) is 11.6 Å². The Kier molecular flexibility index (Phi) is 6.63. The lowest BCUT2D eigenvalue weighted by Gasteiger charge is -2.43. The van der Waals surface area contributed by atoms with Crippen molar-refractivity contribution in [3.05, 3.63) is 64.2 Å². The molecule has 3 atom stereocenters. The van der Waals surface area contributed by atoms with Crippen molar-refractivity contribution in [3.63, 3.8) is 0 Å². The number of halogens is 1. The fourth-order valence-electron chi connectivity index (χ4n) is 5.16. The third-order valence-electron chi connectivity index (χ3n) is 6.60. The monoisotopic (exact) mass is 476 g/mol. The number of carbonyl (C=O) groups is 1. The number of fused-ring (bicyclic) bond motifs is 1. The van der Waals surface area contributed by atoms with Gasteiger partial charge in [0.2, 0.25) is 10.0 Å². The standard InChI is InChI=1S/C24H29ClN2O4S/c1-16-14-26(11-10-18-6-8-21(25)9-7-18)15-17(2)27(16)32(30,31)23-5-3-4-19-12-20(24(28)29)13-22(19)23/h3-9,16-17,20H,10-15H2,1-2H3,(H,28,29)/t16-,17+,20?. The Bertz CT molecular complexity index is 1090. The molecule has 1 N–H and O–H groups in total. The SMILES string of the molecule is C[C@@H]1CN(CCc2ccc(Cl)cc2)C[C@H](C)N1S(=O)(=O)c1cccc2c1CC(C(=O)O)C2. The summed E-state index contributed by atoms with van der Waals surface area (Å²) in [6.45, 7) is 6.07. The second kappa shape index (κ2) is 9.14. The zero-order valence-electron chi connectivity index (χ0n) is 18.4. The van der Waals surface area contributed by atoms with Gasteiger partial charge in [-0.3, -0.25) is 9.69 Å². The summed E-state index contributed by atoms with van der Waals surface area (Å²) in [6, 6.07) is 12.7. The smallest absolute Gasteiger partial charge is 0.307 e. The second-order valence-corrected chi connectivity index (χ2v) is 11.3. The Balaban J connectivity index is 1.49. The summed E-state index contributed by atoms with van der Waals surface area (Å²) in [5.74, 6) is -1.43. The van der Waals surface area contributed by atoms with E-state index in [2.05, 4.69) is 4.90 Å². The Morgan fingerprint density at radius 1 is 1.06 bits per heavy atom. The first-order valence-corrected chi connectivity index (χ1v) is 12.8. The van der Waals surface area contributed by atoms with Crippen LogP contribution in [0.15, 0.2) is 47.4 Å². The van der Waals surface area contributed by atoms with E-state index in [9.17, 15) is 18.3 Å². The van der Waals surface area contributed by atoms with E-state index < -0.39 is 21.9 Å². The molecule has 1 heterocycles. The van der Waals surface area contributed by atoms with E-state index in [-0.39, 0.29) is 23.4 Å². The summed E-state index contributed by atoms with van der Waals surface area (Å²) in [5.41, 5.74) is 2.71. The van der Waals surface area contributed by atoms with Gasteiger partial charge in [0.05, 0.1) is 10.8 Å². The van der Waals surface area contributed by atoms with Crippen LogP contribution in [0.25, 0.3) is 0 Å². The highest BCUT2D eigenvalue weighted by molar-refractivity contribution is 7.89. The molecule has 1 aliphatic carbocycles. The van der Waals surface area contributed by atoms with Crippen LogP contribution in [0.1, 0.15) is 30.5 Å². The van der Waals surface area contributed by atoms with E-state index in [1.54, 1.807) is 16.4 Å². The minimum absolute atomic E-state index is 0.179. The average molecular weight is 477 g/mol. The van der Waals surface area contributed by atoms with E-state index in [1.807, 2.05) is 44.2 Å². The van der Waals surface area contributed by atoms with Gasteiger partial charge < -0.3 is 5.11 Å². The summed E-state index contributed by atoms with van der Waals surface area (Å²) in [4.78, 5) is 14.1. The van der Waals surface area contributed by atoms with Crippen LogP contribution in [-0.2, 0) is 34.1 Å². The van der Waals surface area contributed by atoms with Crippen LogP contribution >= 0.6 is 11.6 Å². The van der Waals surface area contributed by atoms with E-state index in [0.717, 1.165) is 23.6 Å². The number of carboxylic acids is 1. The molecule has 4 rings (SSSR count). The van der Waals surface area contributed by atoms with Gasteiger partial charge >= 0.3 is 5.97 Å². The average Bonchev–Trinajstić information content (AvgIpc) is 3.17. The van der Waals surface area contributed by atoms with Crippen molar-refractivity contribution in [2.45, 2.75) is 50.1 Å². The van der Waals surface area contributed by atoms with Gasteiger partial charge in [0, 0.05) is 36.7 Å². The van der Waals surface area contributed by atoms with Crippen LogP contribution in [0.3, 0.4) is 0 Å². The molecule has 32 heavy (non-hydrogen) atoms. The second-order valence-electron chi connectivity index (χ2n) is 9.01. The summed E-state index contributed by atoms with van der Waals surface area (Å²) in [6.07, 6.45) is 1.54. The first kappa shape index (κ1) is 23.2. The van der Waals surface area contributed by atoms with Crippen molar-refractivity contribution >= 4 is 27.6 Å². The number of hydrogen-bond donors (Lipinski definition) is 1. The molecule has 0 spiro atoms. The summed E-state index contributed by atoms with van der Waals surface area (Å²) in [5, 5.41) is 10.1. The molecule has 0 radical (unpaired) electrons. The number of aliphatic carboxylic acids is 1. The predicted molar refractivity (Wildman–Crippen MR) is 125 cm³/mol. The molecule has 6 nitrogen and oxygen atoms in total. The van der Waals surface area contributed by atoms with E-state index >= 15 is 0 Å². The molecule has 0 bridgehead atoms. The fourth-order valence-corrected chi connectivity index (χ4v) is 7.37. The van der Waals surface area contributed by atoms with Crippen LogP contribution < -0.4 is 0 Å². The highest BCUT2D eigenvalue weighted by Crippen LogP contribution is 2.35. The van der Waals surface area contributed by atoms with Crippen LogP contribution in [0, 0.1) is 5.92 Å². The first-order valence-electron chi connectivity index (χ1n) is 11.0. The summed E-state index contributed by atoms with van der Waals surface area (Å²) >= 11 is 5.96. The van der Waals surface area contributed by atoms with Gasteiger partial charge in [-0.05, 0) is 68.0 Å². The van der Waals surface area contributed by atoms with Gasteiger partial charge in [0.15, 0.2) is 0 Å². The van der Waals surface area contributed by atoms with Gasteiger partial charge in [-0.25, -0.2) is 8.42 Å².